The average molecular weight is 543 g/mol. The second-order valence-corrected chi connectivity index (χ2v) is 10.2. The van der Waals surface area contributed by atoms with E-state index in [0.29, 0.717) is 5.92 Å². The number of hydrogen-bond donors (Lipinski definition) is 1. The van der Waals surface area contributed by atoms with E-state index in [1.54, 1.807) is 0 Å². The summed E-state index contributed by atoms with van der Waals surface area (Å²) in [5, 5.41) is 3.09. The van der Waals surface area contributed by atoms with Crippen molar-refractivity contribution >= 4 is 51.3 Å². The third-order valence-corrected chi connectivity index (χ3v) is 7.35. The largest absolute Gasteiger partial charge is 0.444 e. The van der Waals surface area contributed by atoms with Gasteiger partial charge in [0.15, 0.2) is 0 Å². The van der Waals surface area contributed by atoms with E-state index in [0.717, 1.165) is 28.8 Å². The van der Waals surface area contributed by atoms with Crippen LogP contribution in [0.3, 0.4) is 0 Å². The van der Waals surface area contributed by atoms with Crippen LogP contribution in [0, 0.1) is 7.40 Å². The molecule has 3 fully saturated rings. The van der Waals surface area contributed by atoms with E-state index < -0.39 is 5.60 Å². The maximum absolute atomic E-state index is 12.0. The number of nitrogens with zero attached hydrogens (tertiary/aromatic N) is 2. The summed E-state index contributed by atoms with van der Waals surface area (Å²) in [7, 11) is 0. The number of aromatic nitrogens is 2. The Hall–Kier alpha value is -0.0600. The monoisotopic (exact) mass is 543 g/mol. The highest BCUT2D eigenvalue weighted by Gasteiger charge is 2.70. The Balaban J connectivity index is 1.72. The predicted molar refractivity (Wildman–Crippen MR) is 106 cm³/mol. The standard InChI is InChI=1S/C16H23I2N3O2/c1-9(2)12-19-10(17)11(18)21(12)16-6-15(7-16,8-16)20-13(22)23-14(3,4)5/h9H,6-8H2,1-5H3,(H,20,22). The smallest absolute Gasteiger partial charge is 0.408 e. The lowest BCUT2D eigenvalue weighted by Gasteiger charge is -2.70. The minimum Gasteiger partial charge on any atom is -0.444 e. The molecule has 0 saturated heterocycles. The number of carbonyl (C=O) groups excluding carboxylic acids is 1. The summed E-state index contributed by atoms with van der Waals surface area (Å²) < 4.78 is 10.1. The maximum Gasteiger partial charge on any atom is 0.408 e. The number of carbonyl (C=O) groups is 1. The van der Waals surface area contributed by atoms with Gasteiger partial charge in [-0.05, 0) is 85.2 Å². The molecule has 3 saturated carbocycles. The molecule has 2 bridgehead atoms. The summed E-state index contributed by atoms with van der Waals surface area (Å²) in [5.74, 6) is 1.56. The van der Waals surface area contributed by atoms with E-state index in [1.165, 1.54) is 3.70 Å². The predicted octanol–water partition coefficient (Wildman–Crippen LogP) is 4.37. The van der Waals surface area contributed by atoms with Crippen molar-refractivity contribution in [2.24, 2.45) is 0 Å². The molecule has 0 aliphatic heterocycles. The van der Waals surface area contributed by atoms with Crippen LogP contribution in [0.5, 0.6) is 0 Å². The van der Waals surface area contributed by atoms with Crippen LogP contribution in [0.25, 0.3) is 0 Å². The molecule has 0 atom stereocenters. The highest BCUT2D eigenvalue weighted by atomic mass is 127. The van der Waals surface area contributed by atoms with E-state index in [2.05, 4.69) is 68.9 Å². The van der Waals surface area contributed by atoms with Crippen molar-refractivity contribution in [3.05, 3.63) is 13.2 Å². The third kappa shape index (κ3) is 3.00. The van der Waals surface area contributed by atoms with Crippen molar-refractivity contribution in [1.29, 1.82) is 0 Å². The molecule has 1 heterocycles. The van der Waals surface area contributed by atoms with Crippen molar-refractivity contribution in [1.82, 2.24) is 14.9 Å². The molecule has 1 amide bonds. The highest BCUT2D eigenvalue weighted by molar-refractivity contribution is 14.1. The van der Waals surface area contributed by atoms with Gasteiger partial charge in [0.1, 0.15) is 18.8 Å². The van der Waals surface area contributed by atoms with Crippen LogP contribution < -0.4 is 5.32 Å². The molecule has 5 nitrogen and oxygen atoms in total. The van der Waals surface area contributed by atoms with Crippen LogP contribution in [-0.2, 0) is 10.3 Å². The summed E-state index contributed by atoms with van der Waals surface area (Å²) in [6.07, 6.45) is 2.62. The molecular formula is C16H23I2N3O2. The molecule has 23 heavy (non-hydrogen) atoms. The molecule has 128 valence electrons. The lowest BCUT2D eigenvalue weighted by molar-refractivity contribution is -0.139. The first-order chi connectivity index (χ1) is 10.5. The molecule has 0 aromatic carbocycles. The zero-order chi connectivity index (χ0) is 17.2. The topological polar surface area (TPSA) is 56.2 Å². The minimum absolute atomic E-state index is 0.0740. The normalized spacial score (nSPS) is 29.0. The van der Waals surface area contributed by atoms with E-state index >= 15 is 0 Å². The summed E-state index contributed by atoms with van der Waals surface area (Å²) in [6, 6.07) is 0. The summed E-state index contributed by atoms with van der Waals surface area (Å²) in [5.41, 5.74) is -0.386. The van der Waals surface area contributed by atoms with Gasteiger partial charge in [-0.15, -0.1) is 0 Å². The molecule has 3 aliphatic carbocycles. The molecule has 0 spiro atoms. The van der Waals surface area contributed by atoms with Crippen molar-refractivity contribution in [3.63, 3.8) is 0 Å². The summed E-state index contributed by atoms with van der Waals surface area (Å²) in [4.78, 5) is 16.8. The molecule has 0 unspecified atom stereocenters. The van der Waals surface area contributed by atoms with Crippen molar-refractivity contribution in [3.8, 4) is 0 Å². The zero-order valence-electron chi connectivity index (χ0n) is 14.2. The Morgan fingerprint density at radius 2 is 1.87 bits per heavy atom. The van der Waals surface area contributed by atoms with Gasteiger partial charge in [-0.3, -0.25) is 0 Å². The number of hydrogen-bond acceptors (Lipinski definition) is 3. The summed E-state index contributed by atoms with van der Waals surface area (Å²) >= 11 is 4.71. The molecule has 1 aromatic heterocycles. The van der Waals surface area contributed by atoms with Crippen LogP contribution in [-0.4, -0.2) is 26.8 Å². The average Bonchev–Trinajstić information content (AvgIpc) is 2.57. The number of rotatable bonds is 3. The highest BCUT2D eigenvalue weighted by Crippen LogP contribution is 2.66. The molecule has 3 aliphatic rings. The van der Waals surface area contributed by atoms with Crippen molar-refractivity contribution in [2.75, 3.05) is 0 Å². The Labute approximate surface area is 164 Å². The van der Waals surface area contributed by atoms with Gasteiger partial charge in [-0.1, -0.05) is 13.8 Å². The quantitative estimate of drug-likeness (QED) is 0.577. The molecule has 4 rings (SSSR count). The fourth-order valence-electron chi connectivity index (χ4n) is 3.85. The Morgan fingerprint density at radius 3 is 2.35 bits per heavy atom. The first kappa shape index (κ1) is 17.8. The number of alkyl carbamates (subject to hydrolysis) is 1. The lowest BCUT2D eigenvalue weighted by atomic mass is 9.44. The van der Waals surface area contributed by atoms with E-state index in [4.69, 9.17) is 9.72 Å². The Morgan fingerprint density at radius 1 is 1.30 bits per heavy atom. The van der Waals surface area contributed by atoms with Gasteiger partial charge in [-0.25, -0.2) is 9.78 Å². The molecule has 0 radical (unpaired) electrons. The number of imidazole rings is 1. The van der Waals surface area contributed by atoms with Gasteiger partial charge in [-0.2, -0.15) is 0 Å². The van der Waals surface area contributed by atoms with Crippen molar-refractivity contribution < 1.29 is 9.53 Å². The number of halogens is 2. The van der Waals surface area contributed by atoms with Gasteiger partial charge >= 0.3 is 6.09 Å². The van der Waals surface area contributed by atoms with Gasteiger partial charge in [0, 0.05) is 5.92 Å². The van der Waals surface area contributed by atoms with Crippen LogP contribution in [0.2, 0.25) is 0 Å². The number of amides is 1. The SMILES string of the molecule is CC(C)c1nc(I)c(I)n1C12CC(NC(=O)OC(C)(C)C)(C1)C2. The fraction of sp³-hybridized carbons (Fsp3) is 0.750. The van der Waals surface area contributed by atoms with E-state index in [9.17, 15) is 4.79 Å². The van der Waals surface area contributed by atoms with E-state index in [-0.39, 0.29) is 17.2 Å². The molecule has 1 N–H and O–H groups in total. The first-order valence-corrected chi connectivity index (χ1v) is 10.1. The van der Waals surface area contributed by atoms with Gasteiger partial charge in [0.05, 0.1) is 11.1 Å². The van der Waals surface area contributed by atoms with Gasteiger partial charge in [0.25, 0.3) is 0 Å². The second kappa shape index (κ2) is 5.47. The van der Waals surface area contributed by atoms with Crippen LogP contribution >= 0.6 is 45.2 Å². The zero-order valence-corrected chi connectivity index (χ0v) is 18.5. The van der Waals surface area contributed by atoms with E-state index in [1.807, 2.05) is 20.8 Å². The molecule has 1 aromatic rings. The van der Waals surface area contributed by atoms with Crippen LogP contribution in [0.15, 0.2) is 0 Å². The van der Waals surface area contributed by atoms with Crippen molar-refractivity contribution in [2.45, 2.75) is 76.5 Å². The lowest BCUT2D eigenvalue weighted by Crippen LogP contribution is -2.79. The molecule has 7 heteroatoms. The van der Waals surface area contributed by atoms with Crippen LogP contribution in [0.4, 0.5) is 4.79 Å². The fourth-order valence-corrected chi connectivity index (χ4v) is 5.22. The number of ether oxygens (including phenoxy) is 1. The Kier molecular flexibility index (Phi) is 4.22. The molecular weight excluding hydrogens is 520 g/mol. The first-order valence-electron chi connectivity index (χ1n) is 7.92. The minimum atomic E-state index is -0.452. The third-order valence-electron chi connectivity index (χ3n) is 4.57. The second-order valence-electron chi connectivity index (χ2n) is 8.20. The van der Waals surface area contributed by atoms with Crippen LogP contribution in [0.1, 0.15) is 65.6 Å². The van der Waals surface area contributed by atoms with Gasteiger partial charge in [0.2, 0.25) is 0 Å². The Bertz CT molecular complexity index is 641. The van der Waals surface area contributed by atoms with Gasteiger partial charge < -0.3 is 14.6 Å². The summed E-state index contributed by atoms with van der Waals surface area (Å²) in [6.45, 7) is 10.0. The maximum atomic E-state index is 12.0. The number of nitrogens with one attached hydrogen (secondary N) is 1.